The van der Waals surface area contributed by atoms with E-state index in [1.165, 1.54) is 16.5 Å². The summed E-state index contributed by atoms with van der Waals surface area (Å²) in [5, 5.41) is 5.57. The Labute approximate surface area is 85.7 Å². The number of hydrogen-bond donors (Lipinski definition) is 0. The van der Waals surface area contributed by atoms with Crippen molar-refractivity contribution in [2.24, 2.45) is 0 Å². The van der Waals surface area contributed by atoms with Gasteiger partial charge in [0.1, 0.15) is 4.60 Å². The van der Waals surface area contributed by atoms with E-state index in [9.17, 15) is 0 Å². The summed E-state index contributed by atoms with van der Waals surface area (Å²) in [5.41, 5.74) is 2.48. The Kier molecular flexibility index (Phi) is 2.12. The molecule has 2 aromatic rings. The molecule has 1 aromatic heterocycles. The molecular formula is C10H11BrN2. The Morgan fingerprint density at radius 1 is 1.46 bits per heavy atom. The van der Waals surface area contributed by atoms with E-state index >= 15 is 0 Å². The summed E-state index contributed by atoms with van der Waals surface area (Å²) in [6.45, 7) is 5.10. The van der Waals surface area contributed by atoms with Crippen LogP contribution in [-0.2, 0) is 6.54 Å². The number of benzene rings is 1. The summed E-state index contributed by atoms with van der Waals surface area (Å²) in [6.07, 6.45) is 0. The van der Waals surface area contributed by atoms with E-state index in [1.54, 1.807) is 0 Å². The summed E-state index contributed by atoms with van der Waals surface area (Å²) in [6, 6.07) is 6.37. The van der Waals surface area contributed by atoms with E-state index in [1.807, 2.05) is 4.68 Å². The van der Waals surface area contributed by atoms with Crippen molar-refractivity contribution < 1.29 is 0 Å². The second kappa shape index (κ2) is 3.14. The van der Waals surface area contributed by atoms with Crippen LogP contribution in [-0.4, -0.2) is 9.78 Å². The lowest BCUT2D eigenvalue weighted by atomic mass is 10.2. The summed E-state index contributed by atoms with van der Waals surface area (Å²) in [5.74, 6) is 0. The lowest BCUT2D eigenvalue weighted by Gasteiger charge is -1.98. The van der Waals surface area contributed by atoms with Gasteiger partial charge in [0.05, 0.1) is 5.52 Å². The normalized spacial score (nSPS) is 11.0. The van der Waals surface area contributed by atoms with Gasteiger partial charge < -0.3 is 0 Å². The van der Waals surface area contributed by atoms with Crippen LogP contribution in [0.25, 0.3) is 10.9 Å². The van der Waals surface area contributed by atoms with Crippen molar-refractivity contribution in [1.29, 1.82) is 0 Å². The van der Waals surface area contributed by atoms with Crippen molar-refractivity contribution in [3.8, 4) is 0 Å². The van der Waals surface area contributed by atoms with Gasteiger partial charge in [0.2, 0.25) is 0 Å². The number of fused-ring (bicyclic) bond motifs is 1. The molecule has 2 rings (SSSR count). The third kappa shape index (κ3) is 1.37. The highest BCUT2D eigenvalue weighted by Crippen LogP contribution is 2.23. The highest BCUT2D eigenvalue weighted by Gasteiger charge is 2.06. The van der Waals surface area contributed by atoms with Crippen molar-refractivity contribution in [1.82, 2.24) is 9.78 Å². The van der Waals surface area contributed by atoms with Crippen molar-refractivity contribution >= 4 is 26.8 Å². The summed E-state index contributed by atoms with van der Waals surface area (Å²) in [4.78, 5) is 0. The van der Waals surface area contributed by atoms with E-state index in [2.05, 4.69) is 53.1 Å². The van der Waals surface area contributed by atoms with E-state index in [0.717, 1.165) is 11.1 Å². The molecule has 0 unspecified atom stereocenters. The first-order valence-electron chi connectivity index (χ1n) is 4.35. The van der Waals surface area contributed by atoms with Gasteiger partial charge in [-0.1, -0.05) is 6.07 Å². The van der Waals surface area contributed by atoms with Crippen molar-refractivity contribution in [3.63, 3.8) is 0 Å². The number of aryl methyl sites for hydroxylation is 2. The first-order chi connectivity index (χ1) is 6.22. The summed E-state index contributed by atoms with van der Waals surface area (Å²) in [7, 11) is 0. The van der Waals surface area contributed by atoms with E-state index in [-0.39, 0.29) is 0 Å². The molecule has 0 spiro atoms. The average molecular weight is 239 g/mol. The first-order valence-corrected chi connectivity index (χ1v) is 5.14. The van der Waals surface area contributed by atoms with Gasteiger partial charge in [0.15, 0.2) is 0 Å². The van der Waals surface area contributed by atoms with Crippen LogP contribution in [0.3, 0.4) is 0 Å². The van der Waals surface area contributed by atoms with Crippen LogP contribution in [0.2, 0.25) is 0 Å². The molecule has 68 valence electrons. The van der Waals surface area contributed by atoms with Gasteiger partial charge in [0.25, 0.3) is 0 Å². The van der Waals surface area contributed by atoms with E-state index in [0.29, 0.717) is 0 Å². The number of nitrogens with zero attached hydrogens (tertiary/aromatic N) is 2. The molecule has 0 bridgehead atoms. The van der Waals surface area contributed by atoms with Crippen LogP contribution in [0.5, 0.6) is 0 Å². The van der Waals surface area contributed by atoms with Gasteiger partial charge in [-0.15, -0.1) is 0 Å². The Balaban J connectivity index is 2.81. The standard InChI is InChI=1S/C10H11BrN2/c1-3-13-9-6-7(2)4-5-8(9)10(11)12-13/h4-6H,3H2,1-2H3. The highest BCUT2D eigenvalue weighted by molar-refractivity contribution is 9.10. The van der Waals surface area contributed by atoms with Crippen molar-refractivity contribution in [3.05, 3.63) is 28.4 Å². The third-order valence-electron chi connectivity index (χ3n) is 2.16. The molecule has 0 saturated heterocycles. The van der Waals surface area contributed by atoms with Crippen molar-refractivity contribution in [2.45, 2.75) is 20.4 Å². The second-order valence-corrected chi connectivity index (χ2v) is 3.88. The maximum absolute atomic E-state index is 4.38. The molecule has 1 aromatic carbocycles. The third-order valence-corrected chi connectivity index (χ3v) is 2.75. The lowest BCUT2D eigenvalue weighted by molar-refractivity contribution is 0.678. The zero-order valence-electron chi connectivity index (χ0n) is 7.71. The zero-order chi connectivity index (χ0) is 9.42. The SMILES string of the molecule is CCn1nc(Br)c2ccc(C)cc21. The molecule has 0 aliphatic rings. The van der Waals surface area contributed by atoms with Crippen LogP contribution < -0.4 is 0 Å². The van der Waals surface area contributed by atoms with Gasteiger partial charge in [-0.2, -0.15) is 5.10 Å². The monoisotopic (exact) mass is 238 g/mol. The first kappa shape index (κ1) is 8.75. The van der Waals surface area contributed by atoms with Crippen LogP contribution >= 0.6 is 15.9 Å². The molecule has 0 aliphatic heterocycles. The van der Waals surface area contributed by atoms with Gasteiger partial charge >= 0.3 is 0 Å². The van der Waals surface area contributed by atoms with Crippen LogP contribution in [0.4, 0.5) is 0 Å². The molecular weight excluding hydrogens is 228 g/mol. The molecule has 0 atom stereocenters. The van der Waals surface area contributed by atoms with E-state index < -0.39 is 0 Å². The molecule has 0 saturated carbocycles. The van der Waals surface area contributed by atoms with Crippen LogP contribution in [0.1, 0.15) is 12.5 Å². The predicted molar refractivity (Wildman–Crippen MR) is 57.8 cm³/mol. The smallest absolute Gasteiger partial charge is 0.135 e. The summed E-state index contributed by atoms with van der Waals surface area (Å²) >= 11 is 3.45. The topological polar surface area (TPSA) is 17.8 Å². The molecule has 0 N–H and O–H groups in total. The molecule has 1 heterocycles. The average Bonchev–Trinajstić information content (AvgIpc) is 2.42. The fourth-order valence-corrected chi connectivity index (χ4v) is 2.01. The van der Waals surface area contributed by atoms with Gasteiger partial charge in [-0.25, -0.2) is 0 Å². The second-order valence-electron chi connectivity index (χ2n) is 3.13. The maximum atomic E-state index is 4.38. The van der Waals surface area contributed by atoms with Gasteiger partial charge in [-0.3, -0.25) is 4.68 Å². The minimum atomic E-state index is 0.908. The number of rotatable bonds is 1. The fourth-order valence-electron chi connectivity index (χ4n) is 1.48. The Morgan fingerprint density at radius 3 is 2.92 bits per heavy atom. The predicted octanol–water partition coefficient (Wildman–Crippen LogP) is 3.13. The zero-order valence-corrected chi connectivity index (χ0v) is 9.30. The fraction of sp³-hybridized carbons (Fsp3) is 0.300. The number of aromatic nitrogens is 2. The Bertz CT molecular complexity index is 445. The lowest BCUT2D eigenvalue weighted by Crippen LogP contribution is -1.95. The molecule has 2 nitrogen and oxygen atoms in total. The minimum absolute atomic E-state index is 0.908. The molecule has 0 aliphatic carbocycles. The molecule has 0 amide bonds. The molecule has 0 fully saturated rings. The quantitative estimate of drug-likeness (QED) is 0.747. The molecule has 3 heteroatoms. The molecule has 0 radical (unpaired) electrons. The highest BCUT2D eigenvalue weighted by atomic mass is 79.9. The van der Waals surface area contributed by atoms with Crippen molar-refractivity contribution in [2.75, 3.05) is 0 Å². The largest absolute Gasteiger partial charge is 0.264 e. The van der Waals surface area contributed by atoms with E-state index in [4.69, 9.17) is 0 Å². The summed E-state index contributed by atoms with van der Waals surface area (Å²) < 4.78 is 2.94. The van der Waals surface area contributed by atoms with Crippen LogP contribution in [0.15, 0.2) is 22.8 Å². The number of halogens is 1. The Morgan fingerprint density at radius 2 is 2.23 bits per heavy atom. The van der Waals surface area contributed by atoms with Gasteiger partial charge in [0, 0.05) is 11.9 Å². The van der Waals surface area contributed by atoms with Gasteiger partial charge in [-0.05, 0) is 47.5 Å². The Hall–Kier alpha value is -0.830. The maximum Gasteiger partial charge on any atom is 0.135 e. The number of hydrogen-bond acceptors (Lipinski definition) is 1. The van der Waals surface area contributed by atoms with Crippen LogP contribution in [0, 0.1) is 6.92 Å². The molecule has 13 heavy (non-hydrogen) atoms. The minimum Gasteiger partial charge on any atom is -0.264 e.